The summed E-state index contributed by atoms with van der Waals surface area (Å²) in [5.41, 5.74) is 0. The minimum absolute atomic E-state index is 0.371. The number of hydrogen-bond donors (Lipinski definition) is 1. The van der Waals surface area contributed by atoms with Gasteiger partial charge in [-0.2, -0.15) is 0 Å². The molecule has 0 rings (SSSR count). The molecule has 0 aromatic rings. The fraction of sp³-hybridized carbons (Fsp3) is 0.667. The fourth-order valence-electron chi connectivity index (χ4n) is 1.03. The molecule has 1 N–H and O–H groups in total. The van der Waals surface area contributed by atoms with Crippen LogP contribution < -0.4 is 0 Å². The summed E-state index contributed by atoms with van der Waals surface area (Å²) in [7, 11) is 0. The molecule has 0 aliphatic heterocycles. The number of rotatable bonds is 9. The predicted octanol–water partition coefficient (Wildman–Crippen LogP) is 1.70. The molecule has 18 heavy (non-hydrogen) atoms. The third-order valence-electron chi connectivity index (χ3n) is 1.78. The van der Waals surface area contributed by atoms with E-state index in [9.17, 15) is 9.59 Å². The lowest BCUT2D eigenvalue weighted by Gasteiger charge is -2.28. The highest BCUT2D eigenvalue weighted by Crippen LogP contribution is 2.16. The quantitative estimate of drug-likeness (QED) is 0.386. The van der Waals surface area contributed by atoms with Crippen LogP contribution >= 0.6 is 0 Å². The van der Waals surface area contributed by atoms with E-state index in [-0.39, 0.29) is 0 Å². The lowest BCUT2D eigenvalue weighted by molar-refractivity contribution is -0.350. The van der Waals surface area contributed by atoms with Gasteiger partial charge in [0.05, 0.1) is 13.2 Å². The summed E-state index contributed by atoms with van der Waals surface area (Å²) in [4.78, 5) is 21.6. The Morgan fingerprint density at radius 1 is 1.11 bits per heavy atom. The van der Waals surface area contributed by atoms with Crippen molar-refractivity contribution < 1.29 is 28.9 Å². The molecular weight excluding hydrogens is 240 g/mol. The average molecular weight is 260 g/mol. The topological polar surface area (TPSA) is 82.1 Å². The first-order valence-electron chi connectivity index (χ1n) is 5.85. The summed E-state index contributed by atoms with van der Waals surface area (Å²) < 4.78 is 15.6. The van der Waals surface area contributed by atoms with Crippen molar-refractivity contribution in [3.63, 3.8) is 0 Å². The number of ether oxygens (including phenoxy) is 3. The molecule has 0 heterocycles. The zero-order valence-corrected chi connectivity index (χ0v) is 11.0. The van der Waals surface area contributed by atoms with Gasteiger partial charge in [0.1, 0.15) is 0 Å². The predicted molar refractivity (Wildman–Crippen MR) is 63.8 cm³/mol. The van der Waals surface area contributed by atoms with Crippen molar-refractivity contribution in [3.05, 3.63) is 12.2 Å². The highest BCUT2D eigenvalue weighted by atomic mass is 16.9. The zero-order valence-electron chi connectivity index (χ0n) is 11.0. The Balaban J connectivity index is 4.46. The molecule has 0 saturated carbocycles. The lowest BCUT2D eigenvalue weighted by atomic mass is 10.5. The largest absolute Gasteiger partial charge is 0.478 e. The van der Waals surface area contributed by atoms with E-state index >= 15 is 0 Å². The number of carbonyl (C=O) groups is 2. The van der Waals surface area contributed by atoms with Gasteiger partial charge in [0.2, 0.25) is 0 Å². The van der Waals surface area contributed by atoms with Crippen LogP contribution in [0.5, 0.6) is 0 Å². The van der Waals surface area contributed by atoms with Crippen molar-refractivity contribution in [3.8, 4) is 0 Å². The summed E-state index contributed by atoms with van der Waals surface area (Å²) in [6.45, 7) is 6.04. The standard InChI is InChI=1S/C12H20O6/c1-4-8-16-12(3,17-9-5-2)18-11(15)7-6-10(13)14/h6-7H,4-5,8-9H2,1-3H3,(H,13,14)/b7-6-. The Morgan fingerprint density at radius 2 is 1.61 bits per heavy atom. The van der Waals surface area contributed by atoms with Crippen molar-refractivity contribution >= 4 is 11.9 Å². The minimum Gasteiger partial charge on any atom is -0.478 e. The molecule has 6 heteroatoms. The van der Waals surface area contributed by atoms with Crippen LogP contribution in [0.4, 0.5) is 0 Å². The molecule has 104 valence electrons. The van der Waals surface area contributed by atoms with Crippen LogP contribution in [0.25, 0.3) is 0 Å². The molecule has 0 bridgehead atoms. The Bertz CT molecular complexity index is 289. The van der Waals surface area contributed by atoms with Crippen LogP contribution in [-0.2, 0) is 23.8 Å². The van der Waals surface area contributed by atoms with Crippen molar-refractivity contribution in [2.75, 3.05) is 13.2 Å². The molecule has 0 aliphatic rings. The molecule has 0 aromatic carbocycles. The highest BCUT2D eigenvalue weighted by Gasteiger charge is 2.30. The molecule has 0 amide bonds. The molecule has 0 unspecified atom stereocenters. The second-order valence-electron chi connectivity index (χ2n) is 3.65. The lowest BCUT2D eigenvalue weighted by Crippen LogP contribution is -2.38. The number of aliphatic carboxylic acids is 1. The third-order valence-corrected chi connectivity index (χ3v) is 1.78. The molecule has 0 saturated heterocycles. The number of carboxylic acids is 1. The van der Waals surface area contributed by atoms with Crippen LogP contribution in [0, 0.1) is 0 Å². The van der Waals surface area contributed by atoms with E-state index in [1.54, 1.807) is 0 Å². The van der Waals surface area contributed by atoms with Gasteiger partial charge in [-0.05, 0) is 12.8 Å². The zero-order chi connectivity index (χ0) is 14.0. The normalized spacial score (nSPS) is 11.7. The highest BCUT2D eigenvalue weighted by molar-refractivity contribution is 5.90. The van der Waals surface area contributed by atoms with E-state index in [1.807, 2.05) is 13.8 Å². The van der Waals surface area contributed by atoms with Crippen molar-refractivity contribution in [1.29, 1.82) is 0 Å². The Morgan fingerprint density at radius 3 is 2.00 bits per heavy atom. The first kappa shape index (κ1) is 16.6. The Labute approximate surface area is 107 Å². The fourth-order valence-corrected chi connectivity index (χ4v) is 1.03. The molecule has 0 spiro atoms. The van der Waals surface area contributed by atoms with Crippen LogP contribution in [0.15, 0.2) is 12.2 Å². The van der Waals surface area contributed by atoms with Gasteiger partial charge in [-0.25, -0.2) is 9.59 Å². The van der Waals surface area contributed by atoms with Crippen LogP contribution in [0.2, 0.25) is 0 Å². The minimum atomic E-state index is -1.48. The average Bonchev–Trinajstić information content (AvgIpc) is 2.31. The van der Waals surface area contributed by atoms with E-state index in [1.165, 1.54) is 6.92 Å². The van der Waals surface area contributed by atoms with Gasteiger partial charge < -0.3 is 19.3 Å². The van der Waals surface area contributed by atoms with Gasteiger partial charge >= 0.3 is 17.9 Å². The Hall–Kier alpha value is -1.40. The van der Waals surface area contributed by atoms with Crippen LogP contribution in [-0.4, -0.2) is 36.2 Å². The maximum atomic E-state index is 11.4. The van der Waals surface area contributed by atoms with Crippen molar-refractivity contribution in [2.45, 2.75) is 39.6 Å². The maximum absolute atomic E-state index is 11.4. The Kier molecular flexibility index (Phi) is 7.98. The molecule has 0 radical (unpaired) electrons. The van der Waals surface area contributed by atoms with Gasteiger partial charge in [0, 0.05) is 19.1 Å². The molecule has 0 aliphatic carbocycles. The van der Waals surface area contributed by atoms with E-state index < -0.39 is 17.9 Å². The van der Waals surface area contributed by atoms with Crippen LogP contribution in [0.1, 0.15) is 33.6 Å². The summed E-state index contributed by atoms with van der Waals surface area (Å²) in [6, 6.07) is 0. The summed E-state index contributed by atoms with van der Waals surface area (Å²) >= 11 is 0. The second-order valence-corrected chi connectivity index (χ2v) is 3.65. The van der Waals surface area contributed by atoms with Gasteiger partial charge in [-0.15, -0.1) is 0 Å². The molecule has 0 fully saturated rings. The van der Waals surface area contributed by atoms with Gasteiger partial charge in [-0.1, -0.05) is 13.8 Å². The molecule has 0 aromatic heterocycles. The third kappa shape index (κ3) is 7.81. The maximum Gasteiger partial charge on any atom is 0.335 e. The summed E-state index contributed by atoms with van der Waals surface area (Å²) in [5, 5.41) is 8.39. The number of carbonyl (C=O) groups excluding carboxylic acids is 1. The van der Waals surface area contributed by atoms with E-state index in [0.717, 1.165) is 18.9 Å². The van der Waals surface area contributed by atoms with E-state index in [2.05, 4.69) is 0 Å². The second kappa shape index (κ2) is 8.66. The number of carboxylic acid groups (broad SMARTS) is 1. The van der Waals surface area contributed by atoms with Crippen LogP contribution in [0.3, 0.4) is 0 Å². The monoisotopic (exact) mass is 260 g/mol. The van der Waals surface area contributed by atoms with Crippen molar-refractivity contribution in [1.82, 2.24) is 0 Å². The first-order valence-corrected chi connectivity index (χ1v) is 5.85. The summed E-state index contributed by atoms with van der Waals surface area (Å²) in [6.07, 6.45) is 2.99. The first-order chi connectivity index (χ1) is 8.43. The molecular formula is C12H20O6. The van der Waals surface area contributed by atoms with Gasteiger partial charge in [0.15, 0.2) is 0 Å². The van der Waals surface area contributed by atoms with Crippen molar-refractivity contribution in [2.24, 2.45) is 0 Å². The smallest absolute Gasteiger partial charge is 0.335 e. The number of esters is 1. The van der Waals surface area contributed by atoms with Gasteiger partial charge in [0.25, 0.3) is 0 Å². The molecule has 0 atom stereocenters. The number of hydrogen-bond acceptors (Lipinski definition) is 5. The van der Waals surface area contributed by atoms with Gasteiger partial charge in [-0.3, -0.25) is 0 Å². The van der Waals surface area contributed by atoms with E-state index in [0.29, 0.717) is 19.3 Å². The van der Waals surface area contributed by atoms with E-state index in [4.69, 9.17) is 19.3 Å². The summed E-state index contributed by atoms with van der Waals surface area (Å²) in [5.74, 6) is -3.53. The molecule has 6 nitrogen and oxygen atoms in total. The SMILES string of the molecule is CCCOC(C)(OCCC)OC(=O)/C=C\C(=O)O.